The molecule has 3 aromatic rings. The first-order chi connectivity index (χ1) is 12.7. The second-order valence-electron chi connectivity index (χ2n) is 5.75. The number of thioether (sulfide) groups is 1. The molecule has 1 aliphatic heterocycles. The summed E-state index contributed by atoms with van der Waals surface area (Å²) in [6, 6.07) is 17.4. The normalized spacial score (nSPS) is 15.8. The fourth-order valence-electron chi connectivity index (χ4n) is 2.64. The summed E-state index contributed by atoms with van der Waals surface area (Å²) in [7, 11) is 0. The van der Waals surface area contributed by atoms with Crippen LogP contribution in [0, 0.1) is 0 Å². The number of nitrogens with zero attached hydrogens (tertiary/aromatic N) is 1. The van der Waals surface area contributed by atoms with Crippen LogP contribution in [-0.4, -0.2) is 22.0 Å². The number of fused-ring (bicyclic) bond motifs is 1. The molecule has 0 aliphatic carbocycles. The van der Waals surface area contributed by atoms with Crippen molar-refractivity contribution in [3.05, 3.63) is 60.0 Å². The Hall–Kier alpha value is -2.64. The Kier molecular flexibility index (Phi) is 4.73. The Morgan fingerprint density at radius 2 is 1.88 bits per heavy atom. The fraction of sp³-hybridized carbons (Fsp3) is 0.105. The maximum Gasteiger partial charge on any atom is 0.238 e. The molecular formula is C19H15N3O2S2. The van der Waals surface area contributed by atoms with E-state index in [1.165, 1.54) is 23.1 Å². The van der Waals surface area contributed by atoms with Crippen molar-refractivity contribution in [1.82, 2.24) is 4.98 Å². The van der Waals surface area contributed by atoms with Gasteiger partial charge in [-0.25, -0.2) is 4.98 Å². The van der Waals surface area contributed by atoms with Crippen molar-refractivity contribution in [1.29, 1.82) is 0 Å². The van der Waals surface area contributed by atoms with Gasteiger partial charge >= 0.3 is 0 Å². The highest BCUT2D eigenvalue weighted by atomic mass is 32.2. The summed E-state index contributed by atoms with van der Waals surface area (Å²) in [4.78, 5) is 30.0. The maximum absolute atomic E-state index is 12.3. The quantitative estimate of drug-likeness (QED) is 0.709. The summed E-state index contributed by atoms with van der Waals surface area (Å²) in [5.74, 6) is -0.362. The molecule has 2 heterocycles. The Morgan fingerprint density at radius 1 is 1.12 bits per heavy atom. The van der Waals surface area contributed by atoms with Crippen LogP contribution < -0.4 is 10.6 Å². The molecule has 0 radical (unpaired) electrons. The molecular weight excluding hydrogens is 366 g/mol. The number of aromatic nitrogens is 1. The number of anilines is 2. The standard InChI is InChI=1S/C19H15N3O2S2/c23-17(10-16-18(24)20-13-8-4-5-9-15(13)26-16)22-19-21-14(11-25-19)12-6-2-1-3-7-12/h1-9,11,16H,10H2,(H,20,24)(H,21,22,23)/t16-/m1/s1. The molecule has 0 fully saturated rings. The summed E-state index contributed by atoms with van der Waals surface area (Å²) in [6.07, 6.45) is 0.102. The number of thiazole rings is 1. The lowest BCUT2D eigenvalue weighted by molar-refractivity contribution is -0.120. The number of rotatable bonds is 4. The van der Waals surface area contributed by atoms with Gasteiger partial charge in [0.15, 0.2) is 5.13 Å². The molecule has 1 aromatic heterocycles. The molecule has 4 rings (SSSR count). The van der Waals surface area contributed by atoms with E-state index in [0.29, 0.717) is 5.13 Å². The van der Waals surface area contributed by atoms with Crippen LogP contribution in [0.1, 0.15) is 6.42 Å². The van der Waals surface area contributed by atoms with Crippen molar-refractivity contribution < 1.29 is 9.59 Å². The van der Waals surface area contributed by atoms with Crippen LogP contribution in [0.4, 0.5) is 10.8 Å². The second kappa shape index (κ2) is 7.31. The number of para-hydroxylation sites is 1. The van der Waals surface area contributed by atoms with Crippen LogP contribution in [0.25, 0.3) is 11.3 Å². The van der Waals surface area contributed by atoms with E-state index in [1.807, 2.05) is 60.0 Å². The zero-order chi connectivity index (χ0) is 17.9. The van der Waals surface area contributed by atoms with Crippen LogP contribution in [0.5, 0.6) is 0 Å². The van der Waals surface area contributed by atoms with Gasteiger partial charge in [-0.2, -0.15) is 0 Å². The average Bonchev–Trinajstić information content (AvgIpc) is 3.11. The number of amides is 2. The minimum atomic E-state index is -0.446. The highest BCUT2D eigenvalue weighted by Gasteiger charge is 2.29. The van der Waals surface area contributed by atoms with Crippen molar-refractivity contribution in [2.45, 2.75) is 16.6 Å². The predicted octanol–water partition coefficient (Wildman–Crippen LogP) is 4.25. The zero-order valence-electron chi connectivity index (χ0n) is 13.6. The molecule has 5 nitrogen and oxygen atoms in total. The number of benzene rings is 2. The first-order valence-corrected chi connectivity index (χ1v) is 9.82. The van der Waals surface area contributed by atoms with Crippen molar-refractivity contribution in [3.63, 3.8) is 0 Å². The molecule has 0 saturated heterocycles. The van der Waals surface area contributed by atoms with Gasteiger partial charge in [0.1, 0.15) is 0 Å². The van der Waals surface area contributed by atoms with E-state index in [4.69, 9.17) is 0 Å². The molecule has 2 aromatic carbocycles. The average molecular weight is 381 g/mol. The van der Waals surface area contributed by atoms with Crippen molar-refractivity contribution >= 4 is 45.7 Å². The molecule has 2 N–H and O–H groups in total. The summed E-state index contributed by atoms with van der Waals surface area (Å²) < 4.78 is 0. The van der Waals surface area contributed by atoms with E-state index in [-0.39, 0.29) is 18.2 Å². The summed E-state index contributed by atoms with van der Waals surface area (Å²) in [6.45, 7) is 0. The number of carbonyl (C=O) groups is 2. The number of hydrogen-bond acceptors (Lipinski definition) is 5. The smallest absolute Gasteiger partial charge is 0.238 e. The molecule has 0 unspecified atom stereocenters. The predicted molar refractivity (Wildman–Crippen MR) is 106 cm³/mol. The number of nitrogens with one attached hydrogen (secondary N) is 2. The molecule has 0 saturated carbocycles. The van der Waals surface area contributed by atoms with Gasteiger partial charge in [0, 0.05) is 22.3 Å². The van der Waals surface area contributed by atoms with Crippen LogP contribution in [-0.2, 0) is 9.59 Å². The van der Waals surface area contributed by atoms with Crippen LogP contribution in [0.2, 0.25) is 0 Å². The van der Waals surface area contributed by atoms with Crippen molar-refractivity contribution in [2.75, 3.05) is 10.6 Å². The van der Waals surface area contributed by atoms with Crippen LogP contribution in [0.15, 0.2) is 64.9 Å². The number of hydrogen-bond donors (Lipinski definition) is 2. The van der Waals surface area contributed by atoms with E-state index in [9.17, 15) is 9.59 Å². The number of carbonyl (C=O) groups excluding carboxylic acids is 2. The summed E-state index contributed by atoms with van der Waals surface area (Å²) in [5, 5.41) is 7.65. The highest BCUT2D eigenvalue weighted by Crippen LogP contribution is 2.36. The minimum Gasteiger partial charge on any atom is -0.324 e. The summed E-state index contributed by atoms with van der Waals surface area (Å²) >= 11 is 2.79. The van der Waals surface area contributed by atoms with Gasteiger partial charge in [0.2, 0.25) is 11.8 Å². The minimum absolute atomic E-state index is 0.102. The second-order valence-corrected chi connectivity index (χ2v) is 7.85. The van der Waals surface area contributed by atoms with Gasteiger partial charge in [-0.3, -0.25) is 9.59 Å². The molecule has 0 spiro atoms. The van der Waals surface area contributed by atoms with Gasteiger partial charge in [0.05, 0.1) is 16.6 Å². The molecule has 130 valence electrons. The van der Waals surface area contributed by atoms with Gasteiger partial charge in [-0.1, -0.05) is 42.5 Å². The van der Waals surface area contributed by atoms with Crippen molar-refractivity contribution in [2.24, 2.45) is 0 Å². The van der Waals surface area contributed by atoms with Gasteiger partial charge in [0.25, 0.3) is 0 Å². The SMILES string of the molecule is O=C(C[C@H]1Sc2ccccc2NC1=O)Nc1nc(-c2ccccc2)cs1. The third-order valence-electron chi connectivity index (χ3n) is 3.90. The molecule has 1 aliphatic rings. The van der Waals surface area contributed by atoms with Gasteiger partial charge in [-0.05, 0) is 12.1 Å². The lowest BCUT2D eigenvalue weighted by Gasteiger charge is -2.23. The molecule has 2 amide bonds. The van der Waals surface area contributed by atoms with Crippen molar-refractivity contribution in [3.8, 4) is 11.3 Å². The van der Waals surface area contributed by atoms with E-state index in [1.54, 1.807) is 0 Å². The Morgan fingerprint density at radius 3 is 2.73 bits per heavy atom. The van der Waals surface area contributed by atoms with Crippen LogP contribution >= 0.6 is 23.1 Å². The lowest BCUT2D eigenvalue weighted by atomic mass is 10.2. The highest BCUT2D eigenvalue weighted by molar-refractivity contribution is 8.01. The Labute approximate surface area is 158 Å². The maximum atomic E-state index is 12.3. The Bertz CT molecular complexity index is 956. The third-order valence-corrected chi connectivity index (χ3v) is 5.93. The zero-order valence-corrected chi connectivity index (χ0v) is 15.3. The van der Waals surface area contributed by atoms with Gasteiger partial charge < -0.3 is 10.6 Å². The van der Waals surface area contributed by atoms with E-state index in [2.05, 4.69) is 15.6 Å². The topological polar surface area (TPSA) is 71.1 Å². The van der Waals surface area contributed by atoms with E-state index >= 15 is 0 Å². The first kappa shape index (κ1) is 16.8. The first-order valence-electron chi connectivity index (χ1n) is 8.06. The molecule has 26 heavy (non-hydrogen) atoms. The Balaban J connectivity index is 1.40. The third kappa shape index (κ3) is 3.63. The molecule has 7 heteroatoms. The molecule has 1 atom stereocenters. The van der Waals surface area contributed by atoms with E-state index < -0.39 is 5.25 Å². The fourth-order valence-corrected chi connectivity index (χ4v) is 4.48. The lowest BCUT2D eigenvalue weighted by Crippen LogP contribution is -2.32. The van der Waals surface area contributed by atoms with E-state index in [0.717, 1.165) is 21.8 Å². The van der Waals surface area contributed by atoms with Gasteiger partial charge in [-0.15, -0.1) is 23.1 Å². The summed E-state index contributed by atoms with van der Waals surface area (Å²) in [5.41, 5.74) is 2.62. The largest absolute Gasteiger partial charge is 0.324 e. The monoisotopic (exact) mass is 381 g/mol. The molecule has 0 bridgehead atoms. The van der Waals surface area contributed by atoms with Crippen LogP contribution in [0.3, 0.4) is 0 Å².